The van der Waals surface area contributed by atoms with Crippen molar-refractivity contribution in [1.82, 2.24) is 4.57 Å². The van der Waals surface area contributed by atoms with Crippen LogP contribution in [-0.4, -0.2) is 22.2 Å². The Bertz CT molecular complexity index is 1310. The minimum Gasteiger partial charge on any atom is -0.366 e. The van der Waals surface area contributed by atoms with Crippen molar-refractivity contribution in [3.63, 3.8) is 0 Å². The fraction of sp³-hybridized carbons (Fsp3) is 0.0417. The monoisotopic (exact) mass is 431 g/mol. The summed E-state index contributed by atoms with van der Waals surface area (Å²) in [6, 6.07) is 21.0. The normalized spacial score (nSPS) is 10.7. The van der Waals surface area contributed by atoms with Gasteiger partial charge in [0.15, 0.2) is 0 Å². The number of ketones is 1. The molecule has 0 saturated heterocycles. The molecule has 0 spiro atoms. The van der Waals surface area contributed by atoms with Gasteiger partial charge < -0.3 is 15.6 Å². The maximum atomic E-state index is 13.0. The number of amides is 2. The van der Waals surface area contributed by atoms with Crippen LogP contribution in [0, 0.1) is 0 Å². The van der Waals surface area contributed by atoms with Gasteiger partial charge in [-0.05, 0) is 42.0 Å². The first-order valence-corrected chi connectivity index (χ1v) is 9.88. The Morgan fingerprint density at radius 2 is 1.68 bits per heavy atom. The number of hydrogen-bond acceptors (Lipinski definition) is 3. The molecule has 0 aliphatic rings. The molecule has 0 aliphatic carbocycles. The molecule has 7 heteroatoms. The number of anilines is 1. The number of rotatable bonds is 6. The van der Waals surface area contributed by atoms with Crippen LogP contribution in [0.4, 0.5) is 5.69 Å². The predicted octanol–water partition coefficient (Wildman–Crippen LogP) is 4.26. The van der Waals surface area contributed by atoms with E-state index in [9.17, 15) is 14.4 Å². The lowest BCUT2D eigenvalue weighted by Crippen LogP contribution is -2.23. The molecule has 31 heavy (non-hydrogen) atoms. The van der Waals surface area contributed by atoms with E-state index in [0.717, 1.165) is 11.1 Å². The zero-order valence-electron chi connectivity index (χ0n) is 16.3. The number of Topliss-reactive ketones (excluding diaryl/α,β-unsaturated/α-hetero) is 1. The predicted molar refractivity (Wildman–Crippen MR) is 120 cm³/mol. The first-order valence-electron chi connectivity index (χ1n) is 9.50. The highest BCUT2D eigenvalue weighted by Crippen LogP contribution is 2.24. The number of nitrogens with two attached hydrogens (primary N) is 1. The molecule has 4 aromatic rings. The van der Waals surface area contributed by atoms with Crippen molar-refractivity contribution in [2.75, 3.05) is 5.32 Å². The molecule has 0 unspecified atom stereocenters. The van der Waals surface area contributed by atoms with Gasteiger partial charge in [-0.2, -0.15) is 0 Å². The third-order valence-electron chi connectivity index (χ3n) is 4.91. The number of benzene rings is 3. The SMILES string of the molecule is NC(=O)c1cccc(NC(=O)C(=O)c2cn(Cc3ccc(Cl)cc3)c3ccccc23)c1. The minimum atomic E-state index is -0.795. The molecule has 2 amide bonds. The van der Waals surface area contributed by atoms with Crippen molar-refractivity contribution in [3.8, 4) is 0 Å². The van der Waals surface area contributed by atoms with Gasteiger partial charge in [-0.25, -0.2) is 0 Å². The number of primary amides is 1. The summed E-state index contributed by atoms with van der Waals surface area (Å²) in [5.74, 6) is -2.08. The molecule has 4 rings (SSSR count). The zero-order valence-corrected chi connectivity index (χ0v) is 17.1. The van der Waals surface area contributed by atoms with Crippen LogP contribution in [0.15, 0.2) is 79.0 Å². The quantitative estimate of drug-likeness (QED) is 0.352. The van der Waals surface area contributed by atoms with E-state index >= 15 is 0 Å². The molecule has 3 aromatic carbocycles. The number of aromatic nitrogens is 1. The Morgan fingerprint density at radius 1 is 0.935 bits per heavy atom. The van der Waals surface area contributed by atoms with Crippen LogP contribution >= 0.6 is 11.6 Å². The molecular formula is C24H18ClN3O3. The number of fused-ring (bicyclic) bond motifs is 1. The number of nitrogens with one attached hydrogen (secondary N) is 1. The molecule has 0 aliphatic heterocycles. The van der Waals surface area contributed by atoms with Crippen LogP contribution in [0.1, 0.15) is 26.3 Å². The summed E-state index contributed by atoms with van der Waals surface area (Å²) in [4.78, 5) is 36.9. The Kier molecular flexibility index (Phi) is 5.56. The third-order valence-corrected chi connectivity index (χ3v) is 5.16. The van der Waals surface area contributed by atoms with E-state index in [1.165, 1.54) is 12.1 Å². The van der Waals surface area contributed by atoms with Crippen molar-refractivity contribution in [2.45, 2.75) is 6.54 Å². The molecule has 1 heterocycles. The van der Waals surface area contributed by atoms with E-state index < -0.39 is 17.6 Å². The van der Waals surface area contributed by atoms with Gasteiger partial charge in [-0.1, -0.05) is 48.0 Å². The number of nitrogens with zero attached hydrogens (tertiary/aromatic N) is 1. The number of carbonyl (C=O) groups is 3. The van der Waals surface area contributed by atoms with Crippen molar-refractivity contribution in [3.05, 3.63) is 101 Å². The second-order valence-corrected chi connectivity index (χ2v) is 7.48. The van der Waals surface area contributed by atoms with Crippen molar-refractivity contribution >= 4 is 45.8 Å². The second kappa shape index (κ2) is 8.45. The Balaban J connectivity index is 1.63. The van der Waals surface area contributed by atoms with Crippen LogP contribution in [0.3, 0.4) is 0 Å². The van der Waals surface area contributed by atoms with E-state index in [1.807, 2.05) is 53.1 Å². The van der Waals surface area contributed by atoms with Gasteiger partial charge in [-0.3, -0.25) is 14.4 Å². The lowest BCUT2D eigenvalue weighted by Gasteiger charge is -2.06. The Labute approximate surface area is 183 Å². The summed E-state index contributed by atoms with van der Waals surface area (Å²) in [5, 5.41) is 3.88. The topological polar surface area (TPSA) is 94.2 Å². The fourth-order valence-corrected chi connectivity index (χ4v) is 3.53. The van der Waals surface area contributed by atoms with E-state index in [2.05, 4.69) is 5.32 Å². The first kappa shape index (κ1) is 20.4. The smallest absolute Gasteiger partial charge is 0.296 e. The molecule has 0 radical (unpaired) electrons. The zero-order chi connectivity index (χ0) is 22.0. The molecular weight excluding hydrogens is 414 g/mol. The maximum Gasteiger partial charge on any atom is 0.296 e. The lowest BCUT2D eigenvalue weighted by molar-refractivity contribution is -0.112. The average Bonchev–Trinajstić information content (AvgIpc) is 3.13. The largest absolute Gasteiger partial charge is 0.366 e. The summed E-state index contributed by atoms with van der Waals surface area (Å²) in [6.07, 6.45) is 1.68. The van der Waals surface area contributed by atoms with Gasteiger partial charge in [0.2, 0.25) is 5.91 Å². The maximum absolute atomic E-state index is 13.0. The number of para-hydroxylation sites is 1. The lowest BCUT2D eigenvalue weighted by atomic mass is 10.1. The summed E-state index contributed by atoms with van der Waals surface area (Å²) >= 11 is 5.96. The molecule has 0 saturated carbocycles. The van der Waals surface area contributed by atoms with Crippen molar-refractivity contribution in [2.24, 2.45) is 5.73 Å². The molecule has 3 N–H and O–H groups in total. The van der Waals surface area contributed by atoms with Crippen LogP contribution in [0.25, 0.3) is 10.9 Å². The van der Waals surface area contributed by atoms with E-state index in [-0.39, 0.29) is 5.56 Å². The van der Waals surface area contributed by atoms with Gasteiger partial charge >= 0.3 is 0 Å². The highest BCUT2D eigenvalue weighted by atomic mass is 35.5. The van der Waals surface area contributed by atoms with Crippen LogP contribution in [0.2, 0.25) is 5.02 Å². The van der Waals surface area contributed by atoms with Crippen LogP contribution < -0.4 is 11.1 Å². The highest BCUT2D eigenvalue weighted by molar-refractivity contribution is 6.48. The molecule has 0 atom stereocenters. The summed E-state index contributed by atoms with van der Waals surface area (Å²) in [7, 11) is 0. The fourth-order valence-electron chi connectivity index (χ4n) is 3.41. The van der Waals surface area contributed by atoms with Gasteiger partial charge in [0.1, 0.15) is 0 Å². The van der Waals surface area contributed by atoms with Crippen LogP contribution in [-0.2, 0) is 11.3 Å². The van der Waals surface area contributed by atoms with E-state index in [0.29, 0.717) is 28.2 Å². The van der Waals surface area contributed by atoms with Crippen molar-refractivity contribution in [1.29, 1.82) is 0 Å². The van der Waals surface area contributed by atoms with Crippen molar-refractivity contribution < 1.29 is 14.4 Å². The Morgan fingerprint density at radius 3 is 2.42 bits per heavy atom. The molecule has 0 fully saturated rings. The first-order chi connectivity index (χ1) is 14.9. The number of halogens is 1. The van der Waals surface area contributed by atoms with Gasteiger partial charge in [0, 0.05) is 39.9 Å². The summed E-state index contributed by atoms with van der Waals surface area (Å²) < 4.78 is 1.92. The molecule has 154 valence electrons. The Hall–Kier alpha value is -3.90. The third kappa shape index (κ3) is 4.34. The molecule has 1 aromatic heterocycles. The van der Waals surface area contributed by atoms with Gasteiger partial charge in [0.25, 0.3) is 11.7 Å². The summed E-state index contributed by atoms with van der Waals surface area (Å²) in [5.41, 5.74) is 7.98. The minimum absolute atomic E-state index is 0.241. The average molecular weight is 432 g/mol. The highest BCUT2D eigenvalue weighted by Gasteiger charge is 2.22. The number of carbonyl (C=O) groups excluding carboxylic acids is 3. The van der Waals surface area contributed by atoms with E-state index in [1.54, 1.807) is 18.3 Å². The second-order valence-electron chi connectivity index (χ2n) is 7.04. The molecule has 0 bridgehead atoms. The molecule has 6 nitrogen and oxygen atoms in total. The standard InChI is InChI=1S/C24H18ClN3O3/c25-17-10-8-15(9-11-17)13-28-14-20(19-6-1-2-7-21(19)28)22(29)24(31)27-18-5-3-4-16(12-18)23(26)30/h1-12,14H,13H2,(H2,26,30)(H,27,31). The van der Waals surface area contributed by atoms with Gasteiger partial charge in [-0.15, -0.1) is 0 Å². The van der Waals surface area contributed by atoms with Crippen LogP contribution in [0.5, 0.6) is 0 Å². The number of hydrogen-bond donors (Lipinski definition) is 2. The summed E-state index contributed by atoms with van der Waals surface area (Å²) in [6.45, 7) is 0.521. The van der Waals surface area contributed by atoms with Gasteiger partial charge in [0.05, 0.1) is 5.56 Å². The van der Waals surface area contributed by atoms with E-state index in [4.69, 9.17) is 17.3 Å².